The molecule has 6 aromatic carbocycles. The van der Waals surface area contributed by atoms with E-state index in [0.29, 0.717) is 0 Å². The van der Waals surface area contributed by atoms with E-state index < -0.39 is 0 Å². The summed E-state index contributed by atoms with van der Waals surface area (Å²) >= 11 is 0. The van der Waals surface area contributed by atoms with Crippen LogP contribution in [-0.2, 0) is 0 Å². The lowest BCUT2D eigenvalue weighted by Gasteiger charge is -1.99. The van der Waals surface area contributed by atoms with Crippen LogP contribution in [0.25, 0.3) is 21.5 Å². The van der Waals surface area contributed by atoms with Gasteiger partial charge in [-0.25, -0.2) is 0 Å². The first-order chi connectivity index (χ1) is 20.5. The number of ketones is 1. The number of fused-ring (bicyclic) bond motifs is 2. The van der Waals surface area contributed by atoms with Crippen molar-refractivity contribution in [2.24, 2.45) is 0 Å². The van der Waals surface area contributed by atoms with Crippen LogP contribution in [-0.4, -0.2) is 5.78 Å². The molecule has 0 heterocycles. The zero-order chi connectivity index (χ0) is 30.6. The molecule has 42 heavy (non-hydrogen) atoms. The van der Waals surface area contributed by atoms with E-state index in [4.69, 9.17) is 0 Å². The lowest BCUT2D eigenvalue weighted by molar-refractivity contribution is 0.103. The van der Waals surface area contributed by atoms with Gasteiger partial charge in [0, 0.05) is 11.1 Å². The molecular weight excluding hydrogens is 508 g/mol. The second-order valence-electron chi connectivity index (χ2n) is 10.1. The molecular formula is C41H46O. The highest BCUT2D eigenvalue weighted by Gasteiger charge is 2.06. The molecule has 0 N–H and O–H groups in total. The Bertz CT molecular complexity index is 1450. The molecule has 0 aromatic heterocycles. The molecule has 1 nitrogen and oxygen atoms in total. The van der Waals surface area contributed by atoms with Crippen molar-refractivity contribution < 1.29 is 4.79 Å². The monoisotopic (exact) mass is 554 g/mol. The lowest BCUT2D eigenvalue weighted by Crippen LogP contribution is -1.99. The number of hydrogen-bond donors (Lipinski definition) is 0. The van der Waals surface area contributed by atoms with Crippen LogP contribution in [0.4, 0.5) is 0 Å². The molecule has 6 rings (SSSR count). The molecule has 0 radical (unpaired) electrons. The Kier molecular flexibility index (Phi) is 15.7. The van der Waals surface area contributed by atoms with Crippen molar-refractivity contribution in [3.63, 3.8) is 0 Å². The van der Waals surface area contributed by atoms with Crippen molar-refractivity contribution in [3.05, 3.63) is 168 Å². The molecule has 1 heteroatoms. The van der Waals surface area contributed by atoms with Crippen molar-refractivity contribution in [1.29, 1.82) is 0 Å². The largest absolute Gasteiger partial charge is 0.289 e. The molecule has 0 fully saturated rings. The first kappa shape index (κ1) is 33.7. The van der Waals surface area contributed by atoms with Crippen molar-refractivity contribution >= 4 is 27.3 Å². The Balaban J connectivity index is 0.000000202. The normalized spacial score (nSPS) is 9.48. The molecule has 0 aliphatic heterocycles. The zero-order valence-electron chi connectivity index (χ0n) is 26.2. The highest BCUT2D eigenvalue weighted by atomic mass is 16.1. The molecule has 0 spiro atoms. The number of carbonyl (C=O) groups is 1. The molecule has 0 aliphatic rings. The van der Waals surface area contributed by atoms with E-state index in [1.807, 2.05) is 60.7 Å². The van der Waals surface area contributed by atoms with Crippen LogP contribution in [0.2, 0.25) is 0 Å². The van der Waals surface area contributed by atoms with Crippen LogP contribution >= 0.6 is 0 Å². The molecule has 0 unspecified atom stereocenters. The molecule has 0 amide bonds. The fourth-order valence-electron chi connectivity index (χ4n) is 4.12. The van der Waals surface area contributed by atoms with Gasteiger partial charge in [0.25, 0.3) is 0 Å². The van der Waals surface area contributed by atoms with Crippen molar-refractivity contribution in [2.45, 2.75) is 54.4 Å². The van der Waals surface area contributed by atoms with Crippen LogP contribution in [0.15, 0.2) is 146 Å². The Morgan fingerprint density at radius 1 is 0.405 bits per heavy atom. The van der Waals surface area contributed by atoms with Gasteiger partial charge in [0.2, 0.25) is 0 Å². The van der Waals surface area contributed by atoms with Gasteiger partial charge in [-0.2, -0.15) is 0 Å². The Morgan fingerprint density at radius 2 is 0.690 bits per heavy atom. The van der Waals surface area contributed by atoms with E-state index in [1.165, 1.54) is 45.5 Å². The van der Waals surface area contributed by atoms with Crippen LogP contribution in [0.5, 0.6) is 0 Å². The Hall–Kier alpha value is -4.49. The van der Waals surface area contributed by atoms with E-state index in [0.717, 1.165) is 11.1 Å². The number of aryl methyl sites for hydroxylation is 2. The summed E-state index contributed by atoms with van der Waals surface area (Å²) in [5.74, 6) is 0.0752. The summed E-state index contributed by atoms with van der Waals surface area (Å²) in [5.41, 5.74) is 4.17. The number of rotatable bonds is 2. The molecule has 0 saturated heterocycles. The average molecular weight is 555 g/mol. The fraction of sp³-hybridized carbons (Fsp3) is 0.195. The average Bonchev–Trinajstić information content (AvgIpc) is 3.04. The van der Waals surface area contributed by atoms with Crippen molar-refractivity contribution in [2.75, 3.05) is 0 Å². The molecule has 0 atom stereocenters. The summed E-state index contributed by atoms with van der Waals surface area (Å²) in [7, 11) is 0. The maximum absolute atomic E-state index is 11.8. The third-order valence-electron chi connectivity index (χ3n) is 6.09. The van der Waals surface area contributed by atoms with E-state index >= 15 is 0 Å². The fourth-order valence-corrected chi connectivity index (χ4v) is 4.12. The number of hydrogen-bond acceptors (Lipinski definition) is 1. The second kappa shape index (κ2) is 19.6. The molecule has 6 aromatic rings. The predicted octanol–water partition coefficient (Wildman–Crippen LogP) is 12.0. The highest BCUT2D eigenvalue weighted by Crippen LogP contribution is 2.17. The van der Waals surface area contributed by atoms with E-state index in [2.05, 4.69) is 126 Å². The minimum atomic E-state index is 0.0752. The predicted molar refractivity (Wildman–Crippen MR) is 186 cm³/mol. The van der Waals surface area contributed by atoms with Gasteiger partial charge in [-0.3, -0.25) is 4.79 Å². The van der Waals surface area contributed by atoms with E-state index in [-0.39, 0.29) is 5.78 Å². The minimum absolute atomic E-state index is 0.0752. The van der Waals surface area contributed by atoms with Gasteiger partial charge in [-0.05, 0) is 46.5 Å². The first-order valence-corrected chi connectivity index (χ1v) is 15.0. The van der Waals surface area contributed by atoms with Crippen LogP contribution in [0.1, 0.15) is 67.6 Å². The summed E-state index contributed by atoms with van der Waals surface area (Å²) in [6.45, 7) is 12.8. The minimum Gasteiger partial charge on any atom is -0.289 e. The maximum atomic E-state index is 11.8. The number of carbonyl (C=O) groups excluding carboxylic acids is 1. The Morgan fingerprint density at radius 3 is 1.02 bits per heavy atom. The van der Waals surface area contributed by atoms with Gasteiger partial charge in [-0.1, -0.05) is 186 Å². The zero-order valence-corrected chi connectivity index (χ0v) is 26.2. The van der Waals surface area contributed by atoms with Gasteiger partial charge < -0.3 is 0 Å². The van der Waals surface area contributed by atoms with Crippen molar-refractivity contribution in [3.8, 4) is 0 Å². The topological polar surface area (TPSA) is 17.1 Å². The van der Waals surface area contributed by atoms with E-state index in [1.54, 1.807) is 0 Å². The summed E-state index contributed by atoms with van der Waals surface area (Å²) in [6, 6.07) is 48.3. The lowest BCUT2D eigenvalue weighted by atomic mass is 10.0. The summed E-state index contributed by atoms with van der Waals surface area (Å²) in [4.78, 5) is 11.8. The van der Waals surface area contributed by atoms with Crippen LogP contribution in [0.3, 0.4) is 0 Å². The molecule has 0 bridgehead atoms. The summed E-state index contributed by atoms with van der Waals surface area (Å²) in [6.07, 6.45) is 2.50. The van der Waals surface area contributed by atoms with Gasteiger partial charge in [0.15, 0.2) is 5.78 Å². The van der Waals surface area contributed by atoms with Crippen LogP contribution in [0, 0.1) is 13.8 Å². The first-order valence-electron chi connectivity index (χ1n) is 15.0. The summed E-state index contributed by atoms with van der Waals surface area (Å²) < 4.78 is 0. The quantitative estimate of drug-likeness (QED) is 0.195. The van der Waals surface area contributed by atoms with Crippen molar-refractivity contribution in [1.82, 2.24) is 0 Å². The standard InChI is InChI=1S/C13H10O.2C11H10.2C3H8/c14-13(11-7-3-1-4-8-11)12-9-5-2-6-10-12;2*1-9-5-4-7-10-6-2-3-8-11(9)10;2*1-3-2/h1-10H;2*2-8H,1H3;2*3H2,1-2H3. The smallest absolute Gasteiger partial charge is 0.193 e. The van der Waals surface area contributed by atoms with E-state index in [9.17, 15) is 4.79 Å². The van der Waals surface area contributed by atoms with Crippen LogP contribution < -0.4 is 0 Å². The number of benzene rings is 6. The third kappa shape index (κ3) is 11.2. The summed E-state index contributed by atoms with van der Waals surface area (Å²) in [5, 5.41) is 5.37. The van der Waals surface area contributed by atoms with Gasteiger partial charge in [-0.15, -0.1) is 0 Å². The second-order valence-corrected chi connectivity index (χ2v) is 10.1. The maximum Gasteiger partial charge on any atom is 0.193 e. The third-order valence-corrected chi connectivity index (χ3v) is 6.09. The molecule has 0 aliphatic carbocycles. The van der Waals surface area contributed by atoms with Gasteiger partial charge in [0.1, 0.15) is 0 Å². The van der Waals surface area contributed by atoms with Gasteiger partial charge in [0.05, 0.1) is 0 Å². The molecule has 0 saturated carbocycles. The van der Waals surface area contributed by atoms with Gasteiger partial charge >= 0.3 is 0 Å². The SMILES string of the molecule is CCC.CCC.Cc1cccc2ccccc12.Cc1cccc2ccccc12.O=C(c1ccccc1)c1ccccc1. The highest BCUT2D eigenvalue weighted by molar-refractivity contribution is 6.08. The molecule has 216 valence electrons. The Labute approximate surface area is 253 Å².